The number of aromatic nitrogens is 1. The van der Waals surface area contributed by atoms with Crippen molar-refractivity contribution in [2.45, 2.75) is 6.42 Å². The van der Waals surface area contributed by atoms with Crippen molar-refractivity contribution in [3.8, 4) is 6.07 Å². The number of nitriles is 1. The second-order valence-electron chi connectivity index (χ2n) is 3.78. The first-order valence-corrected chi connectivity index (χ1v) is 5.19. The topological polar surface area (TPSA) is 60.7 Å². The molecule has 0 aromatic carbocycles. The van der Waals surface area contributed by atoms with Gasteiger partial charge in [0.05, 0.1) is 11.9 Å². The predicted molar refractivity (Wildman–Crippen MR) is 58.4 cm³/mol. The Morgan fingerprint density at radius 3 is 3.13 bits per heavy atom. The van der Waals surface area contributed by atoms with Crippen LogP contribution < -0.4 is 10.6 Å². The molecule has 0 saturated carbocycles. The number of hydrogen-bond acceptors (Lipinski definition) is 4. The molecule has 2 rings (SSSR count). The van der Waals surface area contributed by atoms with Crippen LogP contribution in [0.4, 0.5) is 5.69 Å². The molecule has 4 nitrogen and oxygen atoms in total. The lowest BCUT2D eigenvalue weighted by atomic mass is 10.1. The fourth-order valence-corrected chi connectivity index (χ4v) is 1.72. The molecule has 15 heavy (non-hydrogen) atoms. The van der Waals surface area contributed by atoms with E-state index in [1.54, 1.807) is 12.3 Å². The van der Waals surface area contributed by atoms with E-state index in [0.29, 0.717) is 11.6 Å². The molecule has 2 N–H and O–H groups in total. The van der Waals surface area contributed by atoms with Gasteiger partial charge in [-0.05, 0) is 37.6 Å². The zero-order valence-corrected chi connectivity index (χ0v) is 8.53. The van der Waals surface area contributed by atoms with Gasteiger partial charge in [0.2, 0.25) is 0 Å². The van der Waals surface area contributed by atoms with Crippen LogP contribution in [0.2, 0.25) is 0 Å². The molecule has 4 heteroatoms. The van der Waals surface area contributed by atoms with Gasteiger partial charge in [-0.2, -0.15) is 5.26 Å². The minimum atomic E-state index is 0.461. The standard InChI is InChI=1S/C11H14N4/c12-5-10-1-2-11(8-15-10)14-7-9-3-4-13-6-9/h1-2,8-9,13-14H,3-4,6-7H2. The Morgan fingerprint density at radius 1 is 1.60 bits per heavy atom. The van der Waals surface area contributed by atoms with E-state index in [1.165, 1.54) is 6.42 Å². The summed E-state index contributed by atoms with van der Waals surface area (Å²) in [7, 11) is 0. The Hall–Kier alpha value is -1.60. The average Bonchev–Trinajstić information content (AvgIpc) is 2.80. The van der Waals surface area contributed by atoms with Gasteiger partial charge in [0.25, 0.3) is 0 Å². The number of rotatable bonds is 3. The van der Waals surface area contributed by atoms with Crippen molar-refractivity contribution in [2.75, 3.05) is 25.0 Å². The summed E-state index contributed by atoms with van der Waals surface area (Å²) in [5.74, 6) is 0.709. The maximum absolute atomic E-state index is 8.59. The fourth-order valence-electron chi connectivity index (χ4n) is 1.72. The Morgan fingerprint density at radius 2 is 2.53 bits per heavy atom. The van der Waals surface area contributed by atoms with Crippen LogP contribution in [0.3, 0.4) is 0 Å². The predicted octanol–water partition coefficient (Wildman–Crippen LogP) is 0.975. The van der Waals surface area contributed by atoms with Crippen LogP contribution in [-0.4, -0.2) is 24.6 Å². The highest BCUT2D eigenvalue weighted by molar-refractivity contribution is 5.42. The SMILES string of the molecule is N#Cc1ccc(NCC2CCNC2)cn1. The molecule has 0 spiro atoms. The molecule has 0 amide bonds. The van der Waals surface area contributed by atoms with Crippen LogP contribution in [0.5, 0.6) is 0 Å². The van der Waals surface area contributed by atoms with Gasteiger partial charge >= 0.3 is 0 Å². The van der Waals surface area contributed by atoms with Crippen molar-refractivity contribution < 1.29 is 0 Å². The molecule has 78 valence electrons. The van der Waals surface area contributed by atoms with E-state index in [1.807, 2.05) is 12.1 Å². The Kier molecular flexibility index (Phi) is 3.15. The zero-order valence-electron chi connectivity index (χ0n) is 8.53. The van der Waals surface area contributed by atoms with E-state index < -0.39 is 0 Å². The molecular weight excluding hydrogens is 188 g/mol. The Balaban J connectivity index is 1.85. The third kappa shape index (κ3) is 2.67. The second kappa shape index (κ2) is 4.76. The van der Waals surface area contributed by atoms with Gasteiger partial charge in [0.1, 0.15) is 11.8 Å². The van der Waals surface area contributed by atoms with E-state index >= 15 is 0 Å². The van der Waals surface area contributed by atoms with E-state index in [4.69, 9.17) is 5.26 Å². The van der Waals surface area contributed by atoms with Crippen molar-refractivity contribution in [3.63, 3.8) is 0 Å². The van der Waals surface area contributed by atoms with E-state index in [0.717, 1.165) is 25.3 Å². The Labute approximate surface area is 89.3 Å². The van der Waals surface area contributed by atoms with Crippen molar-refractivity contribution in [1.82, 2.24) is 10.3 Å². The molecule has 1 atom stereocenters. The summed E-state index contributed by atoms with van der Waals surface area (Å²) in [6.07, 6.45) is 2.94. The van der Waals surface area contributed by atoms with Gasteiger partial charge in [0.15, 0.2) is 0 Å². The van der Waals surface area contributed by atoms with Crippen LogP contribution >= 0.6 is 0 Å². The zero-order chi connectivity index (χ0) is 10.5. The first-order chi connectivity index (χ1) is 7.38. The number of nitrogens with zero attached hydrogens (tertiary/aromatic N) is 2. The molecule has 1 saturated heterocycles. The molecule has 2 heterocycles. The molecule has 0 radical (unpaired) electrons. The average molecular weight is 202 g/mol. The maximum atomic E-state index is 8.59. The normalized spacial score (nSPS) is 19.8. The molecule has 0 bridgehead atoms. The highest BCUT2D eigenvalue weighted by Crippen LogP contribution is 2.10. The minimum absolute atomic E-state index is 0.461. The molecular formula is C11H14N4. The smallest absolute Gasteiger partial charge is 0.140 e. The van der Waals surface area contributed by atoms with Gasteiger partial charge < -0.3 is 10.6 Å². The van der Waals surface area contributed by atoms with Crippen LogP contribution in [0.1, 0.15) is 12.1 Å². The molecule has 1 aromatic heterocycles. The monoisotopic (exact) mass is 202 g/mol. The fraction of sp³-hybridized carbons (Fsp3) is 0.455. The Bertz CT molecular complexity index is 346. The summed E-state index contributed by atoms with van der Waals surface area (Å²) in [6, 6.07) is 5.63. The lowest BCUT2D eigenvalue weighted by Crippen LogP contribution is -2.17. The van der Waals surface area contributed by atoms with Gasteiger partial charge in [-0.3, -0.25) is 0 Å². The number of hydrogen-bond donors (Lipinski definition) is 2. The van der Waals surface area contributed by atoms with Crippen LogP contribution in [0.25, 0.3) is 0 Å². The quantitative estimate of drug-likeness (QED) is 0.767. The van der Waals surface area contributed by atoms with E-state index in [-0.39, 0.29) is 0 Å². The maximum Gasteiger partial charge on any atom is 0.140 e. The highest BCUT2D eigenvalue weighted by Gasteiger charge is 2.13. The lowest BCUT2D eigenvalue weighted by molar-refractivity contribution is 0.615. The molecule has 0 aliphatic carbocycles. The summed E-state index contributed by atoms with van der Waals surface area (Å²) >= 11 is 0. The third-order valence-electron chi connectivity index (χ3n) is 2.64. The van der Waals surface area contributed by atoms with Crippen LogP contribution in [0, 0.1) is 17.2 Å². The number of anilines is 1. The minimum Gasteiger partial charge on any atom is -0.383 e. The molecule has 1 unspecified atom stereocenters. The van der Waals surface area contributed by atoms with Gasteiger partial charge in [-0.15, -0.1) is 0 Å². The van der Waals surface area contributed by atoms with Crippen molar-refractivity contribution in [2.24, 2.45) is 5.92 Å². The van der Waals surface area contributed by atoms with Gasteiger partial charge in [-0.25, -0.2) is 4.98 Å². The van der Waals surface area contributed by atoms with Crippen molar-refractivity contribution in [3.05, 3.63) is 24.0 Å². The van der Waals surface area contributed by atoms with Gasteiger partial charge in [-0.1, -0.05) is 0 Å². The summed E-state index contributed by atoms with van der Waals surface area (Å²) in [4.78, 5) is 4.00. The summed E-state index contributed by atoms with van der Waals surface area (Å²) in [5, 5.41) is 15.2. The summed E-state index contributed by atoms with van der Waals surface area (Å²) in [6.45, 7) is 3.19. The van der Waals surface area contributed by atoms with Crippen LogP contribution in [-0.2, 0) is 0 Å². The largest absolute Gasteiger partial charge is 0.383 e. The number of pyridine rings is 1. The first-order valence-electron chi connectivity index (χ1n) is 5.19. The second-order valence-corrected chi connectivity index (χ2v) is 3.78. The summed E-state index contributed by atoms with van der Waals surface area (Å²) in [5.41, 5.74) is 1.45. The molecule has 1 aromatic rings. The molecule has 1 aliphatic rings. The van der Waals surface area contributed by atoms with Crippen molar-refractivity contribution >= 4 is 5.69 Å². The summed E-state index contributed by atoms with van der Waals surface area (Å²) < 4.78 is 0. The lowest BCUT2D eigenvalue weighted by Gasteiger charge is -2.10. The van der Waals surface area contributed by atoms with E-state index in [9.17, 15) is 0 Å². The molecule has 1 fully saturated rings. The third-order valence-corrected chi connectivity index (χ3v) is 2.64. The van der Waals surface area contributed by atoms with Crippen LogP contribution in [0.15, 0.2) is 18.3 Å². The van der Waals surface area contributed by atoms with Gasteiger partial charge in [0, 0.05) is 6.54 Å². The first kappa shape index (κ1) is 9.94. The molecule has 1 aliphatic heterocycles. The van der Waals surface area contributed by atoms with E-state index in [2.05, 4.69) is 15.6 Å². The number of nitrogens with one attached hydrogen (secondary N) is 2. The highest BCUT2D eigenvalue weighted by atomic mass is 14.9. The van der Waals surface area contributed by atoms with Crippen molar-refractivity contribution in [1.29, 1.82) is 5.26 Å².